The molecule has 0 amide bonds. The van der Waals surface area contributed by atoms with Crippen LogP contribution in [0.15, 0.2) is 35.4 Å². The molecule has 0 aliphatic heterocycles. The van der Waals surface area contributed by atoms with Gasteiger partial charge in [-0.15, -0.1) is 0 Å². The maximum Gasteiger partial charge on any atom is 0.271 e. The van der Waals surface area contributed by atoms with Crippen LogP contribution in [0.2, 0.25) is 0 Å². The number of rotatable bonds is 1. The van der Waals surface area contributed by atoms with E-state index in [1.165, 1.54) is 0 Å². The molecule has 15 heavy (non-hydrogen) atoms. The number of aromatic amines is 1. The molecule has 0 radical (unpaired) electrons. The predicted molar refractivity (Wildman–Crippen MR) is 59.4 cm³/mol. The summed E-state index contributed by atoms with van der Waals surface area (Å²) in [5.74, 6) is 0. The van der Waals surface area contributed by atoms with Gasteiger partial charge in [0.25, 0.3) is 5.56 Å². The van der Waals surface area contributed by atoms with E-state index in [9.17, 15) is 4.79 Å². The fraction of sp³-hybridized carbons (Fsp3) is 0.0909. The molecule has 0 saturated carbocycles. The van der Waals surface area contributed by atoms with Gasteiger partial charge >= 0.3 is 0 Å². The van der Waals surface area contributed by atoms with Crippen LogP contribution in [0.5, 0.6) is 0 Å². The van der Waals surface area contributed by atoms with Crippen LogP contribution in [0.3, 0.4) is 0 Å². The van der Waals surface area contributed by atoms with Crippen molar-refractivity contribution < 1.29 is 0 Å². The molecule has 2 aromatic heterocycles. The summed E-state index contributed by atoms with van der Waals surface area (Å²) in [5.41, 5.74) is 8.15. The van der Waals surface area contributed by atoms with E-state index in [0.29, 0.717) is 0 Å². The highest BCUT2D eigenvalue weighted by molar-refractivity contribution is 5.75. The number of hydrogen-bond donors (Lipinski definition) is 2. The second-order valence-corrected chi connectivity index (χ2v) is 3.34. The second kappa shape index (κ2) is 3.57. The van der Waals surface area contributed by atoms with Gasteiger partial charge in [-0.2, -0.15) is 0 Å². The van der Waals surface area contributed by atoms with Crippen LogP contribution in [0.25, 0.3) is 11.1 Å². The number of nitrogen functional groups attached to an aromatic ring is 1. The molecule has 0 aliphatic carbocycles. The lowest BCUT2D eigenvalue weighted by atomic mass is 10.1. The fourth-order valence-corrected chi connectivity index (χ4v) is 1.47. The molecule has 0 aromatic carbocycles. The maximum absolute atomic E-state index is 11.4. The molecule has 0 bridgehead atoms. The Kier molecular flexibility index (Phi) is 2.25. The molecule has 0 saturated heterocycles. The van der Waals surface area contributed by atoms with Gasteiger partial charge in [0.05, 0.1) is 0 Å². The lowest BCUT2D eigenvalue weighted by molar-refractivity contribution is 1.15. The van der Waals surface area contributed by atoms with Gasteiger partial charge < -0.3 is 10.7 Å². The van der Waals surface area contributed by atoms with E-state index in [2.05, 4.69) is 9.97 Å². The lowest BCUT2D eigenvalue weighted by Gasteiger charge is -2.05. The monoisotopic (exact) mass is 201 g/mol. The molecule has 0 unspecified atom stereocenters. The Balaban J connectivity index is 2.68. The average Bonchev–Trinajstić information content (AvgIpc) is 2.24. The van der Waals surface area contributed by atoms with E-state index in [-0.39, 0.29) is 11.2 Å². The fourth-order valence-electron chi connectivity index (χ4n) is 1.47. The van der Waals surface area contributed by atoms with E-state index < -0.39 is 0 Å². The van der Waals surface area contributed by atoms with Gasteiger partial charge in [-0.3, -0.25) is 9.78 Å². The first kappa shape index (κ1) is 9.45. The van der Waals surface area contributed by atoms with Gasteiger partial charge in [-0.25, -0.2) is 0 Å². The SMILES string of the molecule is Cc1cc(-c2ccncc2)c(N)c(=O)[nH]1. The van der Waals surface area contributed by atoms with Crippen molar-refractivity contribution >= 4 is 5.69 Å². The minimum absolute atomic E-state index is 0.242. The van der Waals surface area contributed by atoms with Crippen molar-refractivity contribution in [1.82, 2.24) is 9.97 Å². The molecule has 0 aliphatic rings. The predicted octanol–water partition coefficient (Wildman–Crippen LogP) is 1.33. The smallest absolute Gasteiger partial charge is 0.271 e. The third kappa shape index (κ3) is 1.74. The summed E-state index contributed by atoms with van der Waals surface area (Å²) < 4.78 is 0. The highest BCUT2D eigenvalue weighted by Gasteiger charge is 2.06. The van der Waals surface area contributed by atoms with Gasteiger partial charge in [0.1, 0.15) is 5.69 Å². The molecule has 0 spiro atoms. The van der Waals surface area contributed by atoms with E-state index in [1.807, 2.05) is 25.1 Å². The van der Waals surface area contributed by atoms with Crippen LogP contribution in [-0.2, 0) is 0 Å². The molecular weight excluding hydrogens is 190 g/mol. The van der Waals surface area contributed by atoms with Gasteiger partial charge in [0.15, 0.2) is 0 Å². The highest BCUT2D eigenvalue weighted by atomic mass is 16.1. The van der Waals surface area contributed by atoms with E-state index >= 15 is 0 Å². The number of pyridine rings is 2. The van der Waals surface area contributed by atoms with Crippen molar-refractivity contribution in [3.05, 3.63) is 46.6 Å². The van der Waals surface area contributed by atoms with Crippen molar-refractivity contribution in [2.45, 2.75) is 6.92 Å². The Morgan fingerprint density at radius 3 is 2.67 bits per heavy atom. The summed E-state index contributed by atoms with van der Waals surface area (Å²) >= 11 is 0. The molecule has 0 fully saturated rings. The standard InChI is InChI=1S/C11H11N3O/c1-7-6-9(10(12)11(15)14-7)8-2-4-13-5-3-8/h2-6H,12H2,1H3,(H,14,15). The Labute approximate surface area is 86.8 Å². The van der Waals surface area contributed by atoms with Gasteiger partial charge in [-0.05, 0) is 30.7 Å². The zero-order valence-corrected chi connectivity index (χ0v) is 8.32. The number of aromatic nitrogens is 2. The Bertz CT molecular complexity index is 531. The number of hydrogen-bond acceptors (Lipinski definition) is 3. The molecule has 76 valence electrons. The second-order valence-electron chi connectivity index (χ2n) is 3.34. The number of H-pyrrole nitrogens is 1. The Hall–Kier alpha value is -2.10. The first-order chi connectivity index (χ1) is 7.18. The van der Waals surface area contributed by atoms with Crippen molar-refractivity contribution in [2.24, 2.45) is 0 Å². The third-order valence-electron chi connectivity index (χ3n) is 2.20. The van der Waals surface area contributed by atoms with Gasteiger partial charge in [0, 0.05) is 23.7 Å². The molecule has 2 heterocycles. The topological polar surface area (TPSA) is 71.8 Å². The number of nitrogens with one attached hydrogen (secondary N) is 1. The minimum atomic E-state index is -0.248. The first-order valence-electron chi connectivity index (χ1n) is 4.58. The maximum atomic E-state index is 11.4. The number of nitrogens with zero attached hydrogens (tertiary/aromatic N) is 1. The summed E-state index contributed by atoms with van der Waals surface area (Å²) in [6.45, 7) is 1.82. The normalized spacial score (nSPS) is 10.2. The summed E-state index contributed by atoms with van der Waals surface area (Å²) in [7, 11) is 0. The molecule has 2 aromatic rings. The zero-order valence-electron chi connectivity index (χ0n) is 8.32. The number of aryl methyl sites for hydroxylation is 1. The highest BCUT2D eigenvalue weighted by Crippen LogP contribution is 2.22. The lowest BCUT2D eigenvalue weighted by Crippen LogP contribution is -2.13. The van der Waals surface area contributed by atoms with Crippen LogP contribution < -0.4 is 11.3 Å². The Morgan fingerprint density at radius 1 is 1.33 bits per heavy atom. The van der Waals surface area contributed by atoms with E-state index in [1.54, 1.807) is 12.4 Å². The molecule has 0 atom stereocenters. The molecule has 4 nitrogen and oxygen atoms in total. The van der Waals surface area contributed by atoms with Crippen LogP contribution in [-0.4, -0.2) is 9.97 Å². The largest absolute Gasteiger partial charge is 0.394 e. The van der Waals surface area contributed by atoms with Crippen LogP contribution in [0.1, 0.15) is 5.69 Å². The van der Waals surface area contributed by atoms with Gasteiger partial charge in [0.2, 0.25) is 0 Å². The minimum Gasteiger partial charge on any atom is -0.394 e. The van der Waals surface area contributed by atoms with Crippen molar-refractivity contribution in [3.63, 3.8) is 0 Å². The molecular formula is C11H11N3O. The number of anilines is 1. The zero-order chi connectivity index (χ0) is 10.8. The number of nitrogens with two attached hydrogens (primary N) is 1. The van der Waals surface area contributed by atoms with Crippen LogP contribution in [0.4, 0.5) is 5.69 Å². The van der Waals surface area contributed by atoms with Gasteiger partial charge in [-0.1, -0.05) is 0 Å². The van der Waals surface area contributed by atoms with Crippen LogP contribution in [0, 0.1) is 6.92 Å². The summed E-state index contributed by atoms with van der Waals surface area (Å²) in [4.78, 5) is 18.0. The van der Waals surface area contributed by atoms with E-state index in [0.717, 1.165) is 16.8 Å². The van der Waals surface area contributed by atoms with Crippen molar-refractivity contribution in [1.29, 1.82) is 0 Å². The third-order valence-corrected chi connectivity index (χ3v) is 2.20. The summed E-state index contributed by atoms with van der Waals surface area (Å²) in [6, 6.07) is 5.50. The first-order valence-corrected chi connectivity index (χ1v) is 4.58. The molecule has 2 rings (SSSR count). The Morgan fingerprint density at radius 2 is 2.00 bits per heavy atom. The van der Waals surface area contributed by atoms with Crippen molar-refractivity contribution in [2.75, 3.05) is 5.73 Å². The van der Waals surface area contributed by atoms with E-state index in [4.69, 9.17) is 5.73 Å². The average molecular weight is 201 g/mol. The summed E-state index contributed by atoms with van der Waals surface area (Å²) in [6.07, 6.45) is 3.34. The molecule has 4 heteroatoms. The summed E-state index contributed by atoms with van der Waals surface area (Å²) in [5, 5.41) is 0. The van der Waals surface area contributed by atoms with Crippen molar-refractivity contribution in [3.8, 4) is 11.1 Å². The quantitative estimate of drug-likeness (QED) is 0.731. The molecule has 3 N–H and O–H groups in total. The van der Waals surface area contributed by atoms with Crippen LogP contribution >= 0.6 is 0 Å².